The van der Waals surface area contributed by atoms with Crippen molar-refractivity contribution in [1.82, 2.24) is 10.6 Å². The first kappa shape index (κ1) is 11.5. The van der Waals surface area contributed by atoms with Gasteiger partial charge in [-0.3, -0.25) is 4.79 Å². The second-order valence-electron chi connectivity index (χ2n) is 5.28. The van der Waals surface area contributed by atoms with Gasteiger partial charge in [0.25, 0.3) is 0 Å². The maximum atomic E-state index is 11.7. The molecule has 0 unspecified atom stereocenters. The molecule has 1 amide bonds. The summed E-state index contributed by atoms with van der Waals surface area (Å²) in [5, 5.41) is 6.23. The van der Waals surface area contributed by atoms with Crippen LogP contribution in [0.4, 0.5) is 0 Å². The maximum Gasteiger partial charge on any atom is 0.237 e. The molecule has 0 aliphatic carbocycles. The average Bonchev–Trinajstić information content (AvgIpc) is 2.14. The van der Waals surface area contributed by atoms with Gasteiger partial charge in [-0.25, -0.2) is 0 Å². The van der Waals surface area contributed by atoms with Crippen molar-refractivity contribution in [3.05, 3.63) is 0 Å². The lowest BCUT2D eigenvalue weighted by molar-refractivity contribution is -0.124. The molecule has 1 aliphatic heterocycles. The van der Waals surface area contributed by atoms with Crippen molar-refractivity contribution in [2.45, 2.75) is 46.1 Å². The Balaban J connectivity index is 2.27. The molecule has 1 aliphatic rings. The number of rotatable bonds is 2. The maximum absolute atomic E-state index is 11.7. The Kier molecular flexibility index (Phi) is 3.93. The van der Waals surface area contributed by atoms with Crippen molar-refractivity contribution >= 4 is 5.91 Å². The molecule has 0 aromatic carbocycles. The lowest BCUT2D eigenvalue weighted by Crippen LogP contribution is -2.48. The zero-order valence-electron chi connectivity index (χ0n) is 9.52. The third-order valence-corrected chi connectivity index (χ3v) is 2.42. The van der Waals surface area contributed by atoms with Crippen molar-refractivity contribution < 1.29 is 4.79 Å². The molecule has 14 heavy (non-hydrogen) atoms. The minimum Gasteiger partial charge on any atom is -0.354 e. The van der Waals surface area contributed by atoms with Crippen molar-refractivity contribution in [1.29, 1.82) is 0 Å². The molecule has 3 nitrogen and oxygen atoms in total. The molecule has 1 fully saturated rings. The predicted molar refractivity (Wildman–Crippen MR) is 58.1 cm³/mol. The second kappa shape index (κ2) is 4.78. The van der Waals surface area contributed by atoms with Crippen LogP contribution in [0.3, 0.4) is 0 Å². The van der Waals surface area contributed by atoms with Crippen LogP contribution in [-0.4, -0.2) is 25.0 Å². The van der Waals surface area contributed by atoms with Crippen LogP contribution in [0.15, 0.2) is 0 Å². The zero-order valence-corrected chi connectivity index (χ0v) is 9.52. The summed E-state index contributed by atoms with van der Waals surface area (Å²) in [6, 6.07) is 0.0473. The first-order chi connectivity index (χ1) is 6.49. The van der Waals surface area contributed by atoms with E-state index in [2.05, 4.69) is 31.4 Å². The van der Waals surface area contributed by atoms with Gasteiger partial charge in [0, 0.05) is 6.54 Å². The van der Waals surface area contributed by atoms with Gasteiger partial charge in [0.2, 0.25) is 5.91 Å². The summed E-state index contributed by atoms with van der Waals surface area (Å²) in [5.74, 6) is 0.166. The van der Waals surface area contributed by atoms with Gasteiger partial charge < -0.3 is 10.6 Å². The van der Waals surface area contributed by atoms with E-state index < -0.39 is 0 Å². The minimum absolute atomic E-state index is 0.0473. The fraction of sp³-hybridized carbons (Fsp3) is 0.909. The fourth-order valence-corrected chi connectivity index (χ4v) is 1.55. The summed E-state index contributed by atoms with van der Waals surface area (Å²) >= 11 is 0. The van der Waals surface area contributed by atoms with E-state index in [1.54, 1.807) is 0 Å². The van der Waals surface area contributed by atoms with Gasteiger partial charge in [-0.1, -0.05) is 27.2 Å². The lowest BCUT2D eigenvalue weighted by Gasteiger charge is -2.25. The van der Waals surface area contributed by atoms with E-state index in [1.165, 1.54) is 12.8 Å². The number of amides is 1. The Morgan fingerprint density at radius 2 is 2.14 bits per heavy atom. The molecule has 0 spiro atoms. The molecule has 1 heterocycles. The van der Waals surface area contributed by atoms with E-state index in [9.17, 15) is 4.79 Å². The predicted octanol–water partition coefficient (Wildman–Crippen LogP) is 1.29. The molecule has 1 saturated heterocycles. The van der Waals surface area contributed by atoms with Gasteiger partial charge in [-0.2, -0.15) is 0 Å². The van der Waals surface area contributed by atoms with E-state index >= 15 is 0 Å². The third kappa shape index (κ3) is 4.09. The third-order valence-electron chi connectivity index (χ3n) is 2.42. The monoisotopic (exact) mass is 198 g/mol. The molecular formula is C11H22N2O. The number of piperidine rings is 1. The highest BCUT2D eigenvalue weighted by atomic mass is 16.2. The van der Waals surface area contributed by atoms with Crippen molar-refractivity contribution in [3.63, 3.8) is 0 Å². The first-order valence-corrected chi connectivity index (χ1v) is 5.50. The highest BCUT2D eigenvalue weighted by molar-refractivity contribution is 5.81. The highest BCUT2D eigenvalue weighted by Gasteiger charge is 2.21. The van der Waals surface area contributed by atoms with Crippen LogP contribution in [0.1, 0.15) is 40.0 Å². The van der Waals surface area contributed by atoms with Crippen LogP contribution in [0, 0.1) is 5.41 Å². The summed E-state index contributed by atoms with van der Waals surface area (Å²) in [4.78, 5) is 11.7. The van der Waals surface area contributed by atoms with Gasteiger partial charge >= 0.3 is 0 Å². The highest BCUT2D eigenvalue weighted by Crippen LogP contribution is 2.11. The molecule has 0 aromatic rings. The molecule has 2 N–H and O–H groups in total. The van der Waals surface area contributed by atoms with Gasteiger partial charge in [-0.15, -0.1) is 0 Å². The molecular weight excluding hydrogens is 176 g/mol. The SMILES string of the molecule is CC(C)(C)CNC(=O)[C@@H]1CCCCN1. The van der Waals surface area contributed by atoms with Crippen molar-refractivity contribution in [2.75, 3.05) is 13.1 Å². The zero-order chi connectivity index (χ0) is 10.6. The molecule has 0 aromatic heterocycles. The Morgan fingerprint density at radius 3 is 2.64 bits per heavy atom. The van der Waals surface area contributed by atoms with Crippen molar-refractivity contribution in [2.24, 2.45) is 5.41 Å². The Bertz CT molecular complexity index is 190. The molecule has 0 radical (unpaired) electrons. The Morgan fingerprint density at radius 1 is 1.43 bits per heavy atom. The summed E-state index contributed by atoms with van der Waals surface area (Å²) < 4.78 is 0. The summed E-state index contributed by atoms with van der Waals surface area (Å²) in [5.41, 5.74) is 0.171. The van der Waals surface area contributed by atoms with E-state index in [-0.39, 0.29) is 17.4 Å². The number of nitrogens with one attached hydrogen (secondary N) is 2. The quantitative estimate of drug-likeness (QED) is 0.702. The molecule has 1 atom stereocenters. The Hall–Kier alpha value is -0.570. The lowest BCUT2D eigenvalue weighted by atomic mass is 9.96. The Labute approximate surface area is 86.6 Å². The number of hydrogen-bond donors (Lipinski definition) is 2. The molecule has 82 valence electrons. The van der Waals surface area contributed by atoms with Gasteiger partial charge in [0.15, 0.2) is 0 Å². The average molecular weight is 198 g/mol. The molecule has 1 rings (SSSR count). The summed E-state index contributed by atoms with van der Waals surface area (Å²) in [6.07, 6.45) is 3.35. The van der Waals surface area contributed by atoms with Gasteiger partial charge in [0.05, 0.1) is 6.04 Å². The van der Waals surface area contributed by atoms with Crippen LogP contribution in [0.2, 0.25) is 0 Å². The van der Waals surface area contributed by atoms with Crippen LogP contribution < -0.4 is 10.6 Å². The van der Waals surface area contributed by atoms with Crippen LogP contribution in [0.5, 0.6) is 0 Å². The number of hydrogen-bond acceptors (Lipinski definition) is 2. The standard InChI is InChI=1S/C11H22N2O/c1-11(2,3)8-13-10(14)9-6-4-5-7-12-9/h9,12H,4-8H2,1-3H3,(H,13,14)/t9-/m0/s1. The second-order valence-corrected chi connectivity index (χ2v) is 5.28. The molecule has 0 saturated carbocycles. The van der Waals surface area contributed by atoms with E-state index in [4.69, 9.17) is 0 Å². The number of carbonyl (C=O) groups excluding carboxylic acids is 1. The van der Waals surface area contributed by atoms with Crippen LogP contribution in [-0.2, 0) is 4.79 Å². The largest absolute Gasteiger partial charge is 0.354 e. The smallest absolute Gasteiger partial charge is 0.237 e. The van der Waals surface area contributed by atoms with Gasteiger partial charge in [-0.05, 0) is 24.8 Å². The fourth-order valence-electron chi connectivity index (χ4n) is 1.55. The summed E-state index contributed by atoms with van der Waals surface area (Å²) in [7, 11) is 0. The molecule has 3 heteroatoms. The van der Waals surface area contributed by atoms with E-state index in [0.717, 1.165) is 19.5 Å². The number of carbonyl (C=O) groups is 1. The molecule has 0 bridgehead atoms. The van der Waals surface area contributed by atoms with Crippen molar-refractivity contribution in [3.8, 4) is 0 Å². The van der Waals surface area contributed by atoms with Crippen LogP contribution >= 0.6 is 0 Å². The normalized spacial score (nSPS) is 23.2. The van der Waals surface area contributed by atoms with E-state index in [1.807, 2.05) is 0 Å². The summed E-state index contributed by atoms with van der Waals surface area (Å²) in [6.45, 7) is 8.11. The first-order valence-electron chi connectivity index (χ1n) is 5.50. The van der Waals surface area contributed by atoms with Gasteiger partial charge in [0.1, 0.15) is 0 Å². The van der Waals surface area contributed by atoms with Crippen LogP contribution in [0.25, 0.3) is 0 Å². The van der Waals surface area contributed by atoms with E-state index in [0.29, 0.717) is 0 Å². The minimum atomic E-state index is 0.0473. The topological polar surface area (TPSA) is 41.1 Å².